The van der Waals surface area contributed by atoms with E-state index in [9.17, 15) is 9.59 Å². The van der Waals surface area contributed by atoms with Gasteiger partial charge in [0.05, 0.1) is 13.7 Å². The Balaban J connectivity index is 1.72. The summed E-state index contributed by atoms with van der Waals surface area (Å²) >= 11 is 0. The number of carbonyl (C=O) groups excluding carboxylic acids is 2. The van der Waals surface area contributed by atoms with Crippen LogP contribution in [0.15, 0.2) is 53.2 Å². The van der Waals surface area contributed by atoms with Crippen LogP contribution in [0.25, 0.3) is 6.08 Å². The monoisotopic (exact) mass is 452 g/mol. The summed E-state index contributed by atoms with van der Waals surface area (Å²) in [7, 11) is 1.50. The number of nitrogens with zero attached hydrogens (tertiary/aromatic N) is 1. The van der Waals surface area contributed by atoms with E-state index < -0.39 is 5.97 Å². The van der Waals surface area contributed by atoms with Gasteiger partial charge < -0.3 is 24.3 Å². The van der Waals surface area contributed by atoms with Crippen LogP contribution < -0.4 is 19.5 Å². The summed E-state index contributed by atoms with van der Waals surface area (Å²) in [5.74, 6) is 1.09. The fourth-order valence-corrected chi connectivity index (χ4v) is 3.00. The molecule has 0 spiro atoms. The van der Waals surface area contributed by atoms with Crippen molar-refractivity contribution in [2.45, 2.75) is 26.7 Å². The maximum atomic E-state index is 12.3. The quantitative estimate of drug-likeness (QED) is 0.317. The summed E-state index contributed by atoms with van der Waals surface area (Å²) in [4.78, 5) is 28.3. The molecule has 0 aromatic heterocycles. The van der Waals surface area contributed by atoms with Gasteiger partial charge in [-0.3, -0.25) is 4.79 Å². The number of carbonyl (C=O) groups is 2. The van der Waals surface area contributed by atoms with Gasteiger partial charge in [0.1, 0.15) is 5.75 Å². The van der Waals surface area contributed by atoms with Crippen molar-refractivity contribution in [2.75, 3.05) is 26.9 Å². The lowest BCUT2D eigenvalue weighted by Crippen LogP contribution is -2.28. The smallest absolute Gasteiger partial charge is 0.363 e. The van der Waals surface area contributed by atoms with Gasteiger partial charge in [-0.2, -0.15) is 0 Å². The third-order valence-corrected chi connectivity index (χ3v) is 4.71. The lowest BCUT2D eigenvalue weighted by atomic mass is 10.1. The third-order valence-electron chi connectivity index (χ3n) is 4.71. The van der Waals surface area contributed by atoms with Crippen molar-refractivity contribution in [3.63, 3.8) is 0 Å². The summed E-state index contributed by atoms with van der Waals surface area (Å²) < 4.78 is 21.9. The number of rotatable bonds is 11. The van der Waals surface area contributed by atoms with Crippen LogP contribution in [-0.4, -0.2) is 44.6 Å². The van der Waals surface area contributed by atoms with Crippen molar-refractivity contribution >= 4 is 23.9 Å². The molecule has 0 unspecified atom stereocenters. The molecule has 1 heterocycles. The normalized spacial score (nSPS) is 14.0. The molecule has 2 aromatic rings. The minimum Gasteiger partial charge on any atom is -0.494 e. The van der Waals surface area contributed by atoms with E-state index in [2.05, 4.69) is 17.2 Å². The standard InChI is InChI=1S/C25H28N2O6/c1-4-6-13-31-19-10-8-18(9-11-19)24-27-20(25(29)33-24)14-17-7-12-21(22(15-17)30-3)32-16-23(28)26-5-2/h7-12,14-15H,4-6,13,16H2,1-3H3,(H,26,28)/b20-14-. The van der Waals surface area contributed by atoms with Gasteiger partial charge >= 0.3 is 5.97 Å². The Morgan fingerprint density at radius 2 is 1.88 bits per heavy atom. The number of cyclic esters (lactones) is 1. The molecule has 8 heteroatoms. The highest BCUT2D eigenvalue weighted by Gasteiger charge is 2.24. The highest BCUT2D eigenvalue weighted by atomic mass is 16.6. The van der Waals surface area contributed by atoms with Crippen molar-refractivity contribution in [1.29, 1.82) is 0 Å². The molecule has 1 aliphatic rings. The average Bonchev–Trinajstić information content (AvgIpc) is 3.19. The molecule has 0 fully saturated rings. The molecule has 1 aliphatic heterocycles. The van der Waals surface area contributed by atoms with Gasteiger partial charge in [-0.15, -0.1) is 0 Å². The predicted molar refractivity (Wildman–Crippen MR) is 125 cm³/mol. The van der Waals surface area contributed by atoms with Crippen molar-refractivity contribution in [3.8, 4) is 17.2 Å². The van der Waals surface area contributed by atoms with E-state index in [-0.39, 0.29) is 24.1 Å². The van der Waals surface area contributed by atoms with E-state index in [1.807, 2.05) is 19.1 Å². The summed E-state index contributed by atoms with van der Waals surface area (Å²) in [6.07, 6.45) is 3.66. The number of methoxy groups -OCH3 is 1. The molecule has 3 rings (SSSR count). The topological polar surface area (TPSA) is 95.5 Å². The number of ether oxygens (including phenoxy) is 4. The molecule has 2 aromatic carbocycles. The van der Waals surface area contributed by atoms with E-state index in [0.29, 0.717) is 35.8 Å². The second-order valence-electron chi connectivity index (χ2n) is 7.21. The van der Waals surface area contributed by atoms with E-state index in [1.54, 1.807) is 36.4 Å². The Bertz CT molecular complexity index is 1040. The second-order valence-corrected chi connectivity index (χ2v) is 7.21. The van der Waals surface area contributed by atoms with Crippen LogP contribution in [0.3, 0.4) is 0 Å². The van der Waals surface area contributed by atoms with Crippen LogP contribution in [0, 0.1) is 0 Å². The molecule has 0 aliphatic carbocycles. The first-order chi connectivity index (χ1) is 16.0. The van der Waals surface area contributed by atoms with Crippen molar-refractivity contribution in [2.24, 2.45) is 4.99 Å². The highest BCUT2D eigenvalue weighted by molar-refractivity contribution is 6.12. The Morgan fingerprint density at radius 3 is 2.58 bits per heavy atom. The zero-order chi connectivity index (χ0) is 23.6. The number of nitrogens with one attached hydrogen (secondary N) is 1. The largest absolute Gasteiger partial charge is 0.494 e. The molecule has 1 N–H and O–H groups in total. The van der Waals surface area contributed by atoms with Gasteiger partial charge in [-0.25, -0.2) is 9.79 Å². The lowest BCUT2D eigenvalue weighted by Gasteiger charge is -2.11. The van der Waals surface area contributed by atoms with Crippen molar-refractivity contribution < 1.29 is 28.5 Å². The number of aliphatic imine (C=N–C) groups is 1. The number of benzene rings is 2. The molecule has 33 heavy (non-hydrogen) atoms. The molecule has 1 amide bonds. The third kappa shape index (κ3) is 6.58. The molecule has 8 nitrogen and oxygen atoms in total. The SMILES string of the molecule is CCCCOc1ccc(C2=N/C(=C\c3ccc(OCC(=O)NCC)c(OC)c3)C(=O)O2)cc1. The van der Waals surface area contributed by atoms with Crippen LogP contribution >= 0.6 is 0 Å². The first-order valence-electron chi connectivity index (χ1n) is 10.9. The highest BCUT2D eigenvalue weighted by Crippen LogP contribution is 2.30. The minimum atomic E-state index is -0.538. The van der Waals surface area contributed by atoms with E-state index in [0.717, 1.165) is 18.6 Å². The van der Waals surface area contributed by atoms with Gasteiger partial charge in [-0.05, 0) is 61.4 Å². The fourth-order valence-electron chi connectivity index (χ4n) is 3.00. The number of amides is 1. The predicted octanol–water partition coefficient (Wildman–Crippen LogP) is 3.73. The molecule has 174 valence electrons. The van der Waals surface area contributed by atoms with Gasteiger partial charge in [0.15, 0.2) is 23.8 Å². The maximum absolute atomic E-state index is 12.3. The van der Waals surface area contributed by atoms with Crippen molar-refractivity contribution in [3.05, 3.63) is 59.3 Å². The van der Waals surface area contributed by atoms with Crippen LogP contribution in [0.4, 0.5) is 0 Å². The van der Waals surface area contributed by atoms with E-state index in [1.165, 1.54) is 7.11 Å². The summed E-state index contributed by atoms with van der Waals surface area (Å²) in [5.41, 5.74) is 1.53. The summed E-state index contributed by atoms with van der Waals surface area (Å²) in [5, 5.41) is 2.66. The first kappa shape index (κ1) is 23.8. The Morgan fingerprint density at radius 1 is 1.09 bits per heavy atom. The summed E-state index contributed by atoms with van der Waals surface area (Å²) in [6.45, 7) is 5.02. The molecule has 0 saturated carbocycles. The Labute approximate surface area is 193 Å². The minimum absolute atomic E-state index is 0.118. The molecular formula is C25H28N2O6. The second kappa shape index (κ2) is 11.7. The summed E-state index contributed by atoms with van der Waals surface area (Å²) in [6, 6.07) is 12.4. The van der Waals surface area contributed by atoms with Crippen LogP contribution in [0.5, 0.6) is 17.2 Å². The van der Waals surface area contributed by atoms with E-state index in [4.69, 9.17) is 18.9 Å². The first-order valence-corrected chi connectivity index (χ1v) is 10.9. The van der Waals surface area contributed by atoms with Crippen LogP contribution in [-0.2, 0) is 14.3 Å². The van der Waals surface area contributed by atoms with Crippen molar-refractivity contribution in [1.82, 2.24) is 5.32 Å². The molecule has 0 bridgehead atoms. The van der Waals surface area contributed by atoms with Gasteiger partial charge in [0.25, 0.3) is 5.91 Å². The Hall–Kier alpha value is -3.81. The fraction of sp³-hybridized carbons (Fsp3) is 0.320. The number of likely N-dealkylation sites (N-methyl/N-ethyl adjacent to an activating group) is 1. The Kier molecular flexibility index (Phi) is 8.46. The number of unbranched alkanes of at least 4 members (excludes halogenated alkanes) is 1. The van der Waals surface area contributed by atoms with Crippen LogP contribution in [0.1, 0.15) is 37.8 Å². The van der Waals surface area contributed by atoms with Gasteiger partial charge in [-0.1, -0.05) is 19.4 Å². The number of hydrogen-bond acceptors (Lipinski definition) is 7. The molecule has 0 radical (unpaired) electrons. The lowest BCUT2D eigenvalue weighted by molar-refractivity contribution is -0.130. The molecular weight excluding hydrogens is 424 g/mol. The molecule has 0 saturated heterocycles. The van der Waals surface area contributed by atoms with Crippen LogP contribution in [0.2, 0.25) is 0 Å². The maximum Gasteiger partial charge on any atom is 0.363 e. The number of esters is 1. The van der Waals surface area contributed by atoms with Gasteiger partial charge in [0.2, 0.25) is 5.90 Å². The average molecular weight is 453 g/mol. The number of hydrogen-bond donors (Lipinski definition) is 1. The van der Waals surface area contributed by atoms with Gasteiger partial charge in [0, 0.05) is 12.1 Å². The zero-order valence-corrected chi connectivity index (χ0v) is 19.1. The van der Waals surface area contributed by atoms with E-state index >= 15 is 0 Å². The zero-order valence-electron chi connectivity index (χ0n) is 19.1. The molecule has 0 atom stereocenters.